The molecule has 0 bridgehead atoms. The number of para-hydroxylation sites is 2. The standard InChI is InChI=1S/C40H25BN2O/c1-2-13-30(14-3-1)42-23-22-29-25-35-39-37(40(29)42)33-16-8-9-17-36(33)44-41(39)38-32-15-7-6-11-27(32)19-21-34(38)43(35)31-20-18-26-10-4-5-12-28(26)24-31/h1-25H. The van der Waals surface area contributed by atoms with Crippen LogP contribution in [0.3, 0.4) is 0 Å². The van der Waals surface area contributed by atoms with E-state index in [1.165, 1.54) is 48.9 Å². The summed E-state index contributed by atoms with van der Waals surface area (Å²) in [6, 6.07) is 52.4. The van der Waals surface area contributed by atoms with Gasteiger partial charge in [0.2, 0.25) is 0 Å². The van der Waals surface area contributed by atoms with Gasteiger partial charge in [0.05, 0.1) is 5.52 Å². The number of fused-ring (bicyclic) bond motifs is 9. The lowest BCUT2D eigenvalue weighted by Crippen LogP contribution is -2.56. The van der Waals surface area contributed by atoms with Gasteiger partial charge in [0.1, 0.15) is 5.75 Å². The molecule has 2 aliphatic heterocycles. The first-order valence-corrected chi connectivity index (χ1v) is 15.1. The third-order valence-electron chi connectivity index (χ3n) is 9.37. The van der Waals surface area contributed by atoms with Gasteiger partial charge in [0, 0.05) is 56.4 Å². The quantitative estimate of drug-likeness (QED) is 0.197. The average Bonchev–Trinajstić information content (AvgIpc) is 3.52. The summed E-state index contributed by atoms with van der Waals surface area (Å²) >= 11 is 0. The molecule has 8 aromatic rings. The SMILES string of the molecule is c1ccc(-n2ccc3cc4c5c(c32)-c2ccccc2OB5c2c(ccc3ccccc23)N4c2ccc3ccccc3c2)cc1. The molecule has 0 fully saturated rings. The summed E-state index contributed by atoms with van der Waals surface area (Å²) in [5.74, 6) is 0.919. The van der Waals surface area contributed by atoms with Gasteiger partial charge in [-0.2, -0.15) is 0 Å². The third kappa shape index (κ3) is 3.22. The van der Waals surface area contributed by atoms with Gasteiger partial charge in [-0.25, -0.2) is 0 Å². The van der Waals surface area contributed by atoms with Crippen LogP contribution in [0.4, 0.5) is 17.1 Å². The molecule has 0 aliphatic carbocycles. The molecule has 3 heterocycles. The Balaban J connectivity index is 1.37. The van der Waals surface area contributed by atoms with E-state index in [0.717, 1.165) is 34.1 Å². The van der Waals surface area contributed by atoms with E-state index in [1.54, 1.807) is 0 Å². The third-order valence-corrected chi connectivity index (χ3v) is 9.37. The number of hydrogen-bond donors (Lipinski definition) is 0. The predicted octanol–water partition coefficient (Wildman–Crippen LogP) is 8.89. The van der Waals surface area contributed by atoms with Gasteiger partial charge in [-0.3, -0.25) is 0 Å². The molecule has 204 valence electrons. The molecule has 0 atom stereocenters. The van der Waals surface area contributed by atoms with Gasteiger partial charge >= 0.3 is 6.92 Å². The molecule has 1 aromatic heterocycles. The van der Waals surface area contributed by atoms with E-state index in [0.29, 0.717) is 0 Å². The summed E-state index contributed by atoms with van der Waals surface area (Å²) in [7, 11) is 0. The molecule has 44 heavy (non-hydrogen) atoms. The Hall–Kier alpha value is -5.74. The van der Waals surface area contributed by atoms with Crippen LogP contribution in [-0.4, -0.2) is 11.5 Å². The molecule has 0 N–H and O–H groups in total. The molecule has 0 radical (unpaired) electrons. The van der Waals surface area contributed by atoms with Crippen LogP contribution in [0.1, 0.15) is 0 Å². The van der Waals surface area contributed by atoms with Gasteiger partial charge in [0.25, 0.3) is 0 Å². The molecule has 7 aromatic carbocycles. The number of hydrogen-bond acceptors (Lipinski definition) is 2. The second-order valence-corrected chi connectivity index (χ2v) is 11.7. The summed E-state index contributed by atoms with van der Waals surface area (Å²) in [6.07, 6.45) is 2.21. The van der Waals surface area contributed by atoms with Crippen molar-refractivity contribution >= 4 is 67.4 Å². The van der Waals surface area contributed by atoms with Crippen LogP contribution < -0.4 is 20.5 Å². The topological polar surface area (TPSA) is 17.4 Å². The minimum atomic E-state index is -0.253. The zero-order valence-corrected chi connectivity index (χ0v) is 23.8. The van der Waals surface area contributed by atoms with Crippen LogP contribution in [0, 0.1) is 0 Å². The zero-order valence-electron chi connectivity index (χ0n) is 23.8. The van der Waals surface area contributed by atoms with E-state index >= 15 is 0 Å². The Kier molecular flexibility index (Phi) is 4.80. The van der Waals surface area contributed by atoms with Crippen LogP contribution in [0.2, 0.25) is 0 Å². The highest BCUT2D eigenvalue weighted by Gasteiger charge is 2.44. The summed E-state index contributed by atoms with van der Waals surface area (Å²) in [5, 5.41) is 6.09. The minimum absolute atomic E-state index is 0.253. The molecule has 0 saturated heterocycles. The first kappa shape index (κ1) is 23.8. The molecule has 3 nitrogen and oxygen atoms in total. The van der Waals surface area contributed by atoms with Crippen molar-refractivity contribution in [1.82, 2.24) is 4.57 Å². The highest BCUT2D eigenvalue weighted by atomic mass is 16.4. The lowest BCUT2D eigenvalue weighted by Gasteiger charge is -2.40. The number of nitrogens with zero attached hydrogens (tertiary/aromatic N) is 2. The van der Waals surface area contributed by atoms with E-state index in [-0.39, 0.29) is 6.92 Å². The Bertz CT molecular complexity index is 2450. The second kappa shape index (κ2) is 8.89. The van der Waals surface area contributed by atoms with Crippen molar-refractivity contribution in [2.45, 2.75) is 0 Å². The van der Waals surface area contributed by atoms with Crippen molar-refractivity contribution in [3.63, 3.8) is 0 Å². The highest BCUT2D eigenvalue weighted by Crippen LogP contribution is 2.47. The summed E-state index contributed by atoms with van der Waals surface area (Å²) in [6.45, 7) is -0.253. The lowest BCUT2D eigenvalue weighted by atomic mass is 9.48. The molecule has 4 heteroatoms. The molecule has 0 unspecified atom stereocenters. The van der Waals surface area contributed by atoms with E-state index in [9.17, 15) is 0 Å². The van der Waals surface area contributed by atoms with Crippen molar-refractivity contribution in [3.8, 4) is 22.6 Å². The van der Waals surface area contributed by atoms with Crippen LogP contribution in [-0.2, 0) is 0 Å². The number of anilines is 3. The Labute approximate surface area is 255 Å². The van der Waals surface area contributed by atoms with Crippen LogP contribution in [0.5, 0.6) is 5.75 Å². The normalized spacial score (nSPS) is 13.1. The van der Waals surface area contributed by atoms with Crippen molar-refractivity contribution < 1.29 is 4.65 Å². The smallest absolute Gasteiger partial charge is 0.432 e. The summed E-state index contributed by atoms with van der Waals surface area (Å²) in [5.41, 5.74) is 10.6. The Morgan fingerprint density at radius 1 is 0.500 bits per heavy atom. The van der Waals surface area contributed by atoms with Crippen LogP contribution >= 0.6 is 0 Å². The summed E-state index contributed by atoms with van der Waals surface area (Å²) in [4.78, 5) is 2.46. The first-order valence-electron chi connectivity index (χ1n) is 15.1. The van der Waals surface area contributed by atoms with Gasteiger partial charge < -0.3 is 14.1 Å². The highest BCUT2D eigenvalue weighted by molar-refractivity contribution is 6.87. The fourth-order valence-electron chi connectivity index (χ4n) is 7.48. The fourth-order valence-corrected chi connectivity index (χ4v) is 7.48. The van der Waals surface area contributed by atoms with Crippen LogP contribution in [0.15, 0.2) is 152 Å². The fraction of sp³-hybridized carbons (Fsp3) is 0. The van der Waals surface area contributed by atoms with Gasteiger partial charge in [-0.15, -0.1) is 0 Å². The second-order valence-electron chi connectivity index (χ2n) is 11.7. The molecular weight excluding hydrogens is 535 g/mol. The summed E-state index contributed by atoms with van der Waals surface area (Å²) < 4.78 is 9.40. The van der Waals surface area contributed by atoms with E-state index in [2.05, 4.69) is 161 Å². The largest absolute Gasteiger partial charge is 0.551 e. The van der Waals surface area contributed by atoms with Crippen molar-refractivity contribution in [1.29, 1.82) is 0 Å². The molecule has 10 rings (SSSR count). The lowest BCUT2D eigenvalue weighted by molar-refractivity contribution is 0.590. The van der Waals surface area contributed by atoms with E-state index in [1.807, 2.05) is 0 Å². The molecule has 0 spiro atoms. The Morgan fingerprint density at radius 3 is 2.16 bits per heavy atom. The molecule has 2 aliphatic rings. The van der Waals surface area contributed by atoms with E-state index in [4.69, 9.17) is 4.65 Å². The molecule has 0 saturated carbocycles. The minimum Gasteiger partial charge on any atom is -0.551 e. The number of aromatic nitrogens is 1. The monoisotopic (exact) mass is 560 g/mol. The van der Waals surface area contributed by atoms with Crippen LogP contribution in [0.25, 0.3) is 49.3 Å². The maximum absolute atomic E-state index is 7.06. The number of rotatable bonds is 2. The maximum atomic E-state index is 7.06. The van der Waals surface area contributed by atoms with Gasteiger partial charge in [-0.1, -0.05) is 97.1 Å². The zero-order chi connectivity index (χ0) is 28.8. The Morgan fingerprint density at radius 2 is 1.25 bits per heavy atom. The van der Waals surface area contributed by atoms with Gasteiger partial charge in [0.15, 0.2) is 0 Å². The number of benzene rings is 7. The van der Waals surface area contributed by atoms with E-state index < -0.39 is 0 Å². The maximum Gasteiger partial charge on any atom is 0.432 e. The van der Waals surface area contributed by atoms with Crippen molar-refractivity contribution in [2.24, 2.45) is 0 Å². The average molecular weight is 560 g/mol. The van der Waals surface area contributed by atoms with Gasteiger partial charge in [-0.05, 0) is 70.1 Å². The predicted molar refractivity (Wildman–Crippen MR) is 184 cm³/mol. The van der Waals surface area contributed by atoms with Crippen molar-refractivity contribution in [3.05, 3.63) is 152 Å². The van der Waals surface area contributed by atoms with Crippen molar-refractivity contribution in [2.75, 3.05) is 4.90 Å². The molecule has 0 amide bonds. The first-order chi connectivity index (χ1) is 21.8. The molecular formula is C40H25BN2O.